The molecule has 0 saturated carbocycles. The summed E-state index contributed by atoms with van der Waals surface area (Å²) in [6.45, 7) is 13.2. The number of ether oxygens (including phenoxy) is 2. The Morgan fingerprint density at radius 3 is 2.13 bits per heavy atom. The van der Waals surface area contributed by atoms with Gasteiger partial charge in [0.1, 0.15) is 11.2 Å². The van der Waals surface area contributed by atoms with Crippen LogP contribution in [0.25, 0.3) is 0 Å². The van der Waals surface area contributed by atoms with Gasteiger partial charge in [0.2, 0.25) is 0 Å². The van der Waals surface area contributed by atoms with Crippen LogP contribution in [0.3, 0.4) is 0 Å². The highest BCUT2D eigenvalue weighted by molar-refractivity contribution is 5.69. The topological polar surface area (TPSA) is 79.9 Å². The Hall–Kier alpha value is -1.50. The Bertz CT molecular complexity index is 409. The van der Waals surface area contributed by atoms with Crippen molar-refractivity contribution in [1.82, 2.24) is 15.5 Å². The predicted octanol–water partition coefficient (Wildman–Crippen LogP) is 2.11. The van der Waals surface area contributed by atoms with Crippen molar-refractivity contribution in [2.45, 2.75) is 65.2 Å². The Kier molecular flexibility index (Phi) is 6.68. The highest BCUT2D eigenvalue weighted by Gasteiger charge is 2.27. The van der Waals surface area contributed by atoms with Crippen molar-refractivity contribution in [3.8, 4) is 0 Å². The van der Waals surface area contributed by atoms with E-state index in [-0.39, 0.29) is 6.09 Å². The normalized spacial score (nSPS) is 17.9. The largest absolute Gasteiger partial charge is 0.444 e. The van der Waals surface area contributed by atoms with E-state index in [1.54, 1.807) is 4.90 Å². The minimum absolute atomic E-state index is 0.295. The summed E-state index contributed by atoms with van der Waals surface area (Å²) >= 11 is 0. The van der Waals surface area contributed by atoms with Crippen molar-refractivity contribution < 1.29 is 19.1 Å². The van der Waals surface area contributed by atoms with Crippen LogP contribution in [-0.2, 0) is 9.47 Å². The second-order valence-electron chi connectivity index (χ2n) is 7.79. The number of carbonyl (C=O) groups excluding carboxylic acids is 2. The van der Waals surface area contributed by atoms with Crippen LogP contribution in [-0.4, -0.2) is 60.5 Å². The van der Waals surface area contributed by atoms with E-state index in [0.29, 0.717) is 25.7 Å². The van der Waals surface area contributed by atoms with Crippen LogP contribution in [0.4, 0.5) is 9.59 Å². The van der Waals surface area contributed by atoms with E-state index in [9.17, 15) is 9.59 Å². The van der Waals surface area contributed by atoms with E-state index in [1.165, 1.54) is 0 Å². The van der Waals surface area contributed by atoms with Gasteiger partial charge in [0.05, 0.1) is 0 Å². The molecule has 1 aliphatic heterocycles. The molecule has 1 fully saturated rings. The third kappa shape index (κ3) is 8.64. The maximum absolute atomic E-state index is 12.3. The van der Waals surface area contributed by atoms with Gasteiger partial charge in [-0.15, -0.1) is 0 Å². The number of hydrogen-bond acceptors (Lipinski definition) is 5. The predicted molar refractivity (Wildman–Crippen MR) is 88.5 cm³/mol. The molecular weight excluding hydrogens is 298 g/mol. The molecule has 0 spiro atoms. The number of rotatable bonds is 5. The Morgan fingerprint density at radius 1 is 1.13 bits per heavy atom. The van der Waals surface area contributed by atoms with Gasteiger partial charge in [-0.1, -0.05) is 0 Å². The smallest absolute Gasteiger partial charge is 0.410 e. The third-order valence-corrected chi connectivity index (χ3v) is 3.07. The van der Waals surface area contributed by atoms with Crippen molar-refractivity contribution >= 4 is 12.2 Å². The monoisotopic (exact) mass is 329 g/mol. The first-order chi connectivity index (χ1) is 10.5. The average Bonchev–Trinajstić information content (AvgIpc) is 2.26. The molecule has 23 heavy (non-hydrogen) atoms. The van der Waals surface area contributed by atoms with Crippen LogP contribution in [0, 0.1) is 0 Å². The molecule has 1 rings (SSSR count). The van der Waals surface area contributed by atoms with E-state index >= 15 is 0 Å². The first-order valence-corrected chi connectivity index (χ1v) is 8.14. The molecule has 1 saturated heterocycles. The Morgan fingerprint density at radius 2 is 1.70 bits per heavy atom. The summed E-state index contributed by atoms with van der Waals surface area (Å²) in [7, 11) is 0. The fourth-order valence-corrected chi connectivity index (χ4v) is 1.96. The number of alkyl carbamates (subject to hydrolysis) is 1. The molecule has 2 N–H and O–H groups in total. The summed E-state index contributed by atoms with van der Waals surface area (Å²) in [4.78, 5) is 25.5. The van der Waals surface area contributed by atoms with Gasteiger partial charge in [-0.05, 0) is 54.5 Å². The summed E-state index contributed by atoms with van der Waals surface area (Å²) in [5, 5.41) is 5.93. The molecule has 7 nitrogen and oxygen atoms in total. The van der Waals surface area contributed by atoms with Crippen molar-refractivity contribution in [2.24, 2.45) is 0 Å². The van der Waals surface area contributed by atoms with E-state index in [1.807, 2.05) is 41.5 Å². The van der Waals surface area contributed by atoms with Gasteiger partial charge in [0.15, 0.2) is 0 Å². The molecule has 0 aromatic heterocycles. The van der Waals surface area contributed by atoms with Gasteiger partial charge < -0.3 is 25.0 Å². The molecule has 0 aromatic carbocycles. The van der Waals surface area contributed by atoms with Crippen LogP contribution in [0.2, 0.25) is 0 Å². The van der Waals surface area contributed by atoms with E-state index in [0.717, 1.165) is 13.0 Å². The highest BCUT2D eigenvalue weighted by Crippen LogP contribution is 2.12. The lowest BCUT2D eigenvalue weighted by Gasteiger charge is -2.34. The first kappa shape index (κ1) is 19.5. The second kappa shape index (κ2) is 7.86. The highest BCUT2D eigenvalue weighted by atomic mass is 16.6. The molecule has 0 radical (unpaired) electrons. The minimum atomic E-state index is -0.541. The van der Waals surface area contributed by atoms with Gasteiger partial charge >= 0.3 is 12.2 Å². The molecule has 134 valence electrons. The quantitative estimate of drug-likeness (QED) is 0.807. The van der Waals surface area contributed by atoms with Gasteiger partial charge in [-0.2, -0.15) is 0 Å². The van der Waals surface area contributed by atoms with Crippen LogP contribution in [0.1, 0.15) is 48.0 Å². The molecular formula is C16H31N3O4. The number of nitrogens with zero attached hydrogens (tertiary/aromatic N) is 1. The van der Waals surface area contributed by atoms with Crippen molar-refractivity contribution in [3.63, 3.8) is 0 Å². The lowest BCUT2D eigenvalue weighted by atomic mass is 10.1. The zero-order valence-electron chi connectivity index (χ0n) is 15.2. The Balaban J connectivity index is 2.45. The van der Waals surface area contributed by atoms with Crippen LogP contribution in [0.15, 0.2) is 0 Å². The average molecular weight is 329 g/mol. The molecule has 2 amide bonds. The molecule has 1 heterocycles. The van der Waals surface area contributed by atoms with E-state index in [4.69, 9.17) is 9.47 Å². The number of nitrogens with one attached hydrogen (secondary N) is 2. The number of hydrogen-bond donors (Lipinski definition) is 2. The molecule has 1 aliphatic rings. The van der Waals surface area contributed by atoms with Crippen molar-refractivity contribution in [3.05, 3.63) is 0 Å². The first-order valence-electron chi connectivity index (χ1n) is 8.14. The molecule has 1 atom stereocenters. The molecule has 0 aliphatic carbocycles. The fourth-order valence-electron chi connectivity index (χ4n) is 1.96. The van der Waals surface area contributed by atoms with Crippen LogP contribution in [0.5, 0.6) is 0 Å². The van der Waals surface area contributed by atoms with Gasteiger partial charge in [-0.3, -0.25) is 0 Å². The minimum Gasteiger partial charge on any atom is -0.444 e. The van der Waals surface area contributed by atoms with Crippen LogP contribution >= 0.6 is 0 Å². The van der Waals surface area contributed by atoms with Crippen molar-refractivity contribution in [2.75, 3.05) is 26.2 Å². The van der Waals surface area contributed by atoms with Gasteiger partial charge in [0.25, 0.3) is 0 Å². The number of carbonyl (C=O) groups is 2. The maximum Gasteiger partial charge on any atom is 0.410 e. The summed E-state index contributed by atoms with van der Waals surface area (Å²) in [6.07, 6.45) is 0.194. The maximum atomic E-state index is 12.3. The third-order valence-electron chi connectivity index (χ3n) is 3.07. The summed E-state index contributed by atoms with van der Waals surface area (Å²) < 4.78 is 10.6. The fraction of sp³-hybridized carbons (Fsp3) is 0.875. The Labute approximate surface area is 139 Å². The van der Waals surface area contributed by atoms with Crippen LogP contribution < -0.4 is 10.6 Å². The van der Waals surface area contributed by atoms with Gasteiger partial charge in [-0.25, -0.2) is 9.59 Å². The van der Waals surface area contributed by atoms with Crippen molar-refractivity contribution in [1.29, 1.82) is 0 Å². The lowest BCUT2D eigenvalue weighted by molar-refractivity contribution is 0.0207. The lowest BCUT2D eigenvalue weighted by Crippen LogP contribution is -2.53. The summed E-state index contributed by atoms with van der Waals surface area (Å²) in [5.74, 6) is 0. The number of amides is 2. The SMILES string of the molecule is CC(C)(C)OC(=O)NCCN(C[C@H]1CCN1)C(=O)OC(C)(C)C. The zero-order chi connectivity index (χ0) is 17.7. The summed E-state index contributed by atoms with van der Waals surface area (Å²) in [5.41, 5.74) is -1.08. The molecule has 7 heteroatoms. The summed E-state index contributed by atoms with van der Waals surface area (Å²) in [6, 6.07) is 0.295. The standard InChI is InChI=1S/C16H31N3O4/c1-15(2,3)22-13(20)18-9-10-19(11-12-7-8-17-12)14(21)23-16(4,5)6/h12,17H,7-11H2,1-6H3,(H,18,20)/t12-/m1/s1. The molecule has 0 bridgehead atoms. The van der Waals surface area contributed by atoms with Gasteiger partial charge in [0, 0.05) is 25.7 Å². The molecule has 0 aromatic rings. The zero-order valence-corrected chi connectivity index (χ0v) is 15.2. The molecule has 0 unspecified atom stereocenters. The van der Waals surface area contributed by atoms with E-state index in [2.05, 4.69) is 10.6 Å². The van der Waals surface area contributed by atoms with E-state index < -0.39 is 17.3 Å². The second-order valence-corrected chi connectivity index (χ2v) is 7.79.